The summed E-state index contributed by atoms with van der Waals surface area (Å²) in [7, 11) is 0. The van der Waals surface area contributed by atoms with E-state index in [9.17, 15) is 9.90 Å². The van der Waals surface area contributed by atoms with Gasteiger partial charge < -0.3 is 14.8 Å². The van der Waals surface area contributed by atoms with Crippen molar-refractivity contribution in [2.45, 2.75) is 32.9 Å². The molecule has 1 aromatic heterocycles. The summed E-state index contributed by atoms with van der Waals surface area (Å²) in [5.74, 6) is 0.972. The number of hydrogen-bond acceptors (Lipinski definition) is 4. The molecule has 0 radical (unpaired) electrons. The van der Waals surface area contributed by atoms with Crippen LogP contribution in [0.5, 0.6) is 0 Å². The summed E-state index contributed by atoms with van der Waals surface area (Å²) < 4.78 is 5.52. The number of benzene rings is 1. The number of aliphatic hydroxyl groups excluding tert-OH is 1. The van der Waals surface area contributed by atoms with E-state index in [0.717, 1.165) is 37.4 Å². The van der Waals surface area contributed by atoms with E-state index in [2.05, 4.69) is 22.3 Å². The number of aryl methyl sites for hydroxylation is 2. The molecule has 1 fully saturated rings. The molecule has 5 heteroatoms. The first-order valence-corrected chi connectivity index (χ1v) is 8.82. The maximum atomic E-state index is 12.5. The van der Waals surface area contributed by atoms with E-state index < -0.39 is 0 Å². The monoisotopic (exact) mass is 342 g/mol. The van der Waals surface area contributed by atoms with Gasteiger partial charge in [-0.15, -0.1) is 0 Å². The average Bonchev–Trinajstić information content (AvgIpc) is 2.95. The highest BCUT2D eigenvalue weighted by molar-refractivity contribution is 5.92. The number of carbonyl (C=O) groups excluding carboxylic acids is 1. The van der Waals surface area contributed by atoms with E-state index >= 15 is 0 Å². The Labute approximate surface area is 148 Å². The largest absolute Gasteiger partial charge is 0.456 e. The normalized spacial score (nSPS) is 21.2. The minimum absolute atomic E-state index is 0.0770. The Morgan fingerprint density at radius 2 is 2.08 bits per heavy atom. The molecular weight excluding hydrogens is 316 g/mol. The van der Waals surface area contributed by atoms with Crippen molar-refractivity contribution in [2.75, 3.05) is 19.7 Å². The van der Waals surface area contributed by atoms with Gasteiger partial charge in [0.25, 0.3) is 5.91 Å². The Bertz CT molecular complexity index is 691. The van der Waals surface area contributed by atoms with Crippen molar-refractivity contribution >= 4 is 5.91 Å². The van der Waals surface area contributed by atoms with Gasteiger partial charge in [0.2, 0.25) is 0 Å². The van der Waals surface area contributed by atoms with Crippen LogP contribution in [0.25, 0.3) is 0 Å². The van der Waals surface area contributed by atoms with Gasteiger partial charge in [-0.1, -0.05) is 30.3 Å². The number of nitrogens with zero attached hydrogens (tertiary/aromatic N) is 1. The van der Waals surface area contributed by atoms with Gasteiger partial charge in [0, 0.05) is 31.7 Å². The summed E-state index contributed by atoms with van der Waals surface area (Å²) >= 11 is 0. The van der Waals surface area contributed by atoms with Crippen LogP contribution in [-0.4, -0.2) is 41.7 Å². The summed E-state index contributed by atoms with van der Waals surface area (Å²) in [5.41, 5.74) is 2.23. The lowest BCUT2D eigenvalue weighted by Gasteiger charge is -2.38. The molecule has 0 saturated carbocycles. The topological polar surface area (TPSA) is 65.7 Å². The Morgan fingerprint density at radius 1 is 1.32 bits per heavy atom. The fourth-order valence-corrected chi connectivity index (χ4v) is 3.36. The highest BCUT2D eigenvalue weighted by Crippen LogP contribution is 2.21. The first kappa shape index (κ1) is 17.7. The standard InChI is InChI=1S/C20H26N2O3/c1-14-10-19(25-15(14)2)20(24)21-18-12-22(9-8-17(18)13-23)11-16-6-4-3-5-7-16/h3-7,10,17-18,23H,8-9,11-13H2,1-2H3,(H,21,24)/t17-,18-/m0/s1. The molecule has 0 bridgehead atoms. The molecular formula is C20H26N2O3. The number of furan rings is 1. The summed E-state index contributed by atoms with van der Waals surface area (Å²) in [6, 6.07) is 12.0. The number of nitrogens with one attached hydrogen (secondary N) is 1. The third kappa shape index (κ3) is 4.30. The van der Waals surface area contributed by atoms with Crippen LogP contribution >= 0.6 is 0 Å². The molecule has 1 aliphatic rings. The van der Waals surface area contributed by atoms with Gasteiger partial charge in [0.1, 0.15) is 5.76 Å². The average molecular weight is 342 g/mol. The second-order valence-corrected chi connectivity index (χ2v) is 6.88. The molecule has 0 unspecified atom stereocenters. The first-order chi connectivity index (χ1) is 12.1. The second-order valence-electron chi connectivity index (χ2n) is 6.88. The maximum Gasteiger partial charge on any atom is 0.287 e. The van der Waals surface area contributed by atoms with Crippen molar-refractivity contribution in [3.8, 4) is 0 Å². The predicted molar refractivity (Wildman–Crippen MR) is 96.3 cm³/mol. The molecule has 5 nitrogen and oxygen atoms in total. The Hall–Kier alpha value is -2.11. The lowest BCUT2D eigenvalue weighted by atomic mass is 9.92. The number of carbonyl (C=O) groups is 1. The lowest BCUT2D eigenvalue weighted by Crippen LogP contribution is -2.53. The smallest absolute Gasteiger partial charge is 0.287 e. The van der Waals surface area contributed by atoms with E-state index in [4.69, 9.17) is 4.42 Å². The molecule has 2 heterocycles. The second kappa shape index (κ2) is 7.85. The molecule has 1 aromatic carbocycles. The number of likely N-dealkylation sites (tertiary alicyclic amines) is 1. The van der Waals surface area contributed by atoms with Crippen LogP contribution in [0.15, 0.2) is 40.8 Å². The lowest BCUT2D eigenvalue weighted by molar-refractivity contribution is 0.0710. The molecule has 2 atom stereocenters. The molecule has 2 N–H and O–H groups in total. The van der Waals surface area contributed by atoms with Crippen LogP contribution < -0.4 is 5.32 Å². The summed E-state index contributed by atoms with van der Waals surface area (Å²) in [6.45, 7) is 6.36. The molecule has 1 aliphatic heterocycles. The van der Waals surface area contributed by atoms with Crippen LogP contribution in [0.1, 0.15) is 33.9 Å². The predicted octanol–water partition coefficient (Wildman–Crippen LogP) is 2.51. The number of rotatable bonds is 5. The Kier molecular flexibility index (Phi) is 5.56. The van der Waals surface area contributed by atoms with E-state index in [1.807, 2.05) is 32.0 Å². The third-order valence-electron chi connectivity index (χ3n) is 5.03. The minimum Gasteiger partial charge on any atom is -0.456 e. The first-order valence-electron chi connectivity index (χ1n) is 8.82. The van der Waals surface area contributed by atoms with Gasteiger partial charge in [-0.2, -0.15) is 0 Å². The zero-order valence-electron chi connectivity index (χ0n) is 14.9. The van der Waals surface area contributed by atoms with Crippen molar-refractivity contribution in [2.24, 2.45) is 5.92 Å². The van der Waals surface area contributed by atoms with E-state index in [-0.39, 0.29) is 24.5 Å². The van der Waals surface area contributed by atoms with Crippen LogP contribution in [0, 0.1) is 19.8 Å². The number of aliphatic hydroxyl groups is 1. The fraction of sp³-hybridized carbons (Fsp3) is 0.450. The van der Waals surface area contributed by atoms with Crippen molar-refractivity contribution in [3.63, 3.8) is 0 Å². The summed E-state index contributed by atoms with van der Waals surface area (Å²) in [4.78, 5) is 14.8. The van der Waals surface area contributed by atoms with Gasteiger partial charge in [-0.25, -0.2) is 0 Å². The summed E-state index contributed by atoms with van der Waals surface area (Å²) in [5, 5.41) is 12.7. The molecule has 0 aliphatic carbocycles. The quantitative estimate of drug-likeness (QED) is 0.876. The molecule has 2 aromatic rings. The van der Waals surface area contributed by atoms with Crippen molar-refractivity contribution < 1.29 is 14.3 Å². The zero-order chi connectivity index (χ0) is 17.8. The highest BCUT2D eigenvalue weighted by Gasteiger charge is 2.30. The molecule has 1 amide bonds. The van der Waals surface area contributed by atoms with Gasteiger partial charge in [-0.3, -0.25) is 9.69 Å². The van der Waals surface area contributed by atoms with Crippen LogP contribution in [-0.2, 0) is 6.54 Å². The van der Waals surface area contributed by atoms with Crippen molar-refractivity contribution in [3.05, 3.63) is 59.0 Å². The van der Waals surface area contributed by atoms with Gasteiger partial charge in [0.05, 0.1) is 0 Å². The van der Waals surface area contributed by atoms with Gasteiger partial charge >= 0.3 is 0 Å². The van der Waals surface area contributed by atoms with Gasteiger partial charge in [-0.05, 0) is 44.0 Å². The molecule has 1 saturated heterocycles. The molecule has 0 spiro atoms. The van der Waals surface area contributed by atoms with Crippen LogP contribution in [0.2, 0.25) is 0 Å². The molecule has 25 heavy (non-hydrogen) atoms. The van der Waals surface area contributed by atoms with Crippen LogP contribution in [0.4, 0.5) is 0 Å². The van der Waals surface area contributed by atoms with Crippen molar-refractivity contribution in [1.29, 1.82) is 0 Å². The Morgan fingerprint density at radius 3 is 2.72 bits per heavy atom. The van der Waals surface area contributed by atoms with Crippen LogP contribution in [0.3, 0.4) is 0 Å². The van der Waals surface area contributed by atoms with E-state index in [1.54, 1.807) is 6.07 Å². The number of hydrogen-bond donors (Lipinski definition) is 2. The SMILES string of the molecule is Cc1cc(C(=O)N[C@H]2CN(Cc3ccccc3)CC[C@H]2CO)oc1C. The van der Waals surface area contributed by atoms with Gasteiger partial charge in [0.15, 0.2) is 5.76 Å². The highest BCUT2D eigenvalue weighted by atomic mass is 16.3. The Balaban J connectivity index is 1.65. The third-order valence-corrected chi connectivity index (χ3v) is 5.03. The zero-order valence-corrected chi connectivity index (χ0v) is 14.9. The van der Waals surface area contributed by atoms with E-state index in [1.165, 1.54) is 5.56 Å². The molecule has 134 valence electrons. The fourth-order valence-electron chi connectivity index (χ4n) is 3.36. The van der Waals surface area contributed by atoms with E-state index in [0.29, 0.717) is 5.76 Å². The maximum absolute atomic E-state index is 12.5. The minimum atomic E-state index is -0.207. The van der Waals surface area contributed by atoms with Crippen molar-refractivity contribution in [1.82, 2.24) is 10.2 Å². The number of amides is 1. The summed E-state index contributed by atoms with van der Waals surface area (Å²) in [6.07, 6.45) is 0.866. The number of piperidine rings is 1. The molecule has 3 rings (SSSR count).